The van der Waals surface area contributed by atoms with Gasteiger partial charge in [0.15, 0.2) is 5.96 Å². The summed E-state index contributed by atoms with van der Waals surface area (Å²) in [6, 6.07) is 8.23. The molecule has 8 heteroatoms. The molecular weight excluding hydrogens is 497 g/mol. The third-order valence-electron chi connectivity index (χ3n) is 5.12. The van der Waals surface area contributed by atoms with Gasteiger partial charge < -0.3 is 14.6 Å². The van der Waals surface area contributed by atoms with Gasteiger partial charge in [-0.1, -0.05) is 6.07 Å². The van der Waals surface area contributed by atoms with Crippen LogP contribution in [0.2, 0.25) is 0 Å². The Bertz CT molecular complexity index is 875. The number of nitrogens with one attached hydrogen (secondary N) is 1. The largest absolute Gasteiger partial charge is 0.469 e. The van der Waals surface area contributed by atoms with Gasteiger partial charge in [0.05, 0.1) is 12.5 Å². The summed E-state index contributed by atoms with van der Waals surface area (Å²) in [4.78, 5) is 8.69. The van der Waals surface area contributed by atoms with Crippen LogP contribution in [0.15, 0.2) is 57.7 Å². The van der Waals surface area contributed by atoms with Gasteiger partial charge in [-0.25, -0.2) is 0 Å². The first kappa shape index (κ1) is 21.9. The molecule has 3 aromatic heterocycles. The Morgan fingerprint density at radius 2 is 2.28 bits per heavy atom. The summed E-state index contributed by atoms with van der Waals surface area (Å²) >= 11 is 1.80. The maximum atomic E-state index is 5.45. The fourth-order valence-corrected chi connectivity index (χ4v) is 4.32. The maximum Gasteiger partial charge on any atom is 0.193 e. The zero-order chi connectivity index (χ0) is 19.2. The van der Waals surface area contributed by atoms with Gasteiger partial charge in [0, 0.05) is 63.1 Å². The Balaban J connectivity index is 0.00000240. The molecule has 6 nitrogen and oxygen atoms in total. The Morgan fingerprint density at radius 1 is 1.34 bits per heavy atom. The van der Waals surface area contributed by atoms with Crippen molar-refractivity contribution in [2.45, 2.75) is 25.2 Å². The number of halogens is 1. The Labute approximate surface area is 193 Å². The summed E-state index contributed by atoms with van der Waals surface area (Å²) in [7, 11) is 1.98. The van der Waals surface area contributed by atoms with E-state index in [4.69, 9.17) is 9.41 Å². The highest BCUT2D eigenvalue weighted by molar-refractivity contribution is 14.0. The topological polar surface area (TPSA) is 58.6 Å². The lowest BCUT2D eigenvalue weighted by atomic mass is 10.0. The molecule has 0 aliphatic carbocycles. The van der Waals surface area contributed by atoms with Crippen LogP contribution < -0.4 is 5.32 Å². The molecule has 0 spiro atoms. The van der Waals surface area contributed by atoms with Crippen LogP contribution in [0.4, 0.5) is 0 Å². The quantitative estimate of drug-likeness (QED) is 0.289. The molecule has 1 N–H and O–H groups in total. The van der Waals surface area contributed by atoms with Crippen molar-refractivity contribution in [3.8, 4) is 0 Å². The molecule has 1 aliphatic heterocycles. The Kier molecular flexibility index (Phi) is 8.17. The predicted molar refractivity (Wildman–Crippen MR) is 128 cm³/mol. The second-order valence-corrected chi connectivity index (χ2v) is 8.20. The molecule has 0 bridgehead atoms. The van der Waals surface area contributed by atoms with Gasteiger partial charge in [0.2, 0.25) is 0 Å². The van der Waals surface area contributed by atoms with Crippen LogP contribution in [0.1, 0.15) is 28.5 Å². The molecule has 4 heterocycles. The average molecular weight is 525 g/mol. The van der Waals surface area contributed by atoms with Gasteiger partial charge in [-0.15, -0.1) is 35.3 Å². The SMILES string of the molecule is Cn1cc(C2CCN(C(=NCCc3cccs3)NCCc3ccco3)C2)cn1.I. The van der Waals surface area contributed by atoms with Crippen molar-refractivity contribution >= 4 is 41.3 Å². The van der Waals surface area contributed by atoms with E-state index in [0.717, 1.165) is 57.2 Å². The van der Waals surface area contributed by atoms with Crippen molar-refractivity contribution in [3.63, 3.8) is 0 Å². The minimum Gasteiger partial charge on any atom is -0.469 e. The van der Waals surface area contributed by atoms with Gasteiger partial charge >= 0.3 is 0 Å². The second-order valence-electron chi connectivity index (χ2n) is 7.17. The van der Waals surface area contributed by atoms with E-state index in [1.54, 1.807) is 17.6 Å². The van der Waals surface area contributed by atoms with Gasteiger partial charge in [-0.05, 0) is 35.6 Å². The second kappa shape index (κ2) is 10.8. The molecule has 1 saturated heterocycles. The molecule has 29 heavy (non-hydrogen) atoms. The standard InChI is InChI=1S/C21H27N5OS.HI/c1-25-15-18(14-24-25)17-8-11-26(16-17)21(22-9-6-19-4-2-12-27-19)23-10-7-20-5-3-13-28-20;/h2-5,12-15,17H,6-11,16H2,1H3,(H,22,23);1H. The van der Waals surface area contributed by atoms with Gasteiger partial charge in [0.1, 0.15) is 5.76 Å². The molecule has 0 aromatic carbocycles. The average Bonchev–Trinajstić information content (AvgIpc) is 3.47. The van der Waals surface area contributed by atoms with Crippen molar-refractivity contribution in [2.75, 3.05) is 26.2 Å². The molecule has 156 valence electrons. The van der Waals surface area contributed by atoms with Crippen LogP contribution in [-0.2, 0) is 19.9 Å². The molecule has 1 atom stereocenters. The fraction of sp³-hybridized carbons (Fsp3) is 0.429. The molecule has 1 unspecified atom stereocenters. The van der Waals surface area contributed by atoms with Crippen LogP contribution >= 0.6 is 35.3 Å². The minimum atomic E-state index is 0. The number of furan rings is 1. The van der Waals surface area contributed by atoms with Crippen molar-refractivity contribution in [3.05, 3.63) is 64.5 Å². The van der Waals surface area contributed by atoms with Crippen LogP contribution in [0.5, 0.6) is 0 Å². The van der Waals surface area contributed by atoms with E-state index in [1.807, 2.05) is 30.1 Å². The number of thiophene rings is 1. The fourth-order valence-electron chi connectivity index (χ4n) is 3.62. The molecule has 0 amide bonds. The third kappa shape index (κ3) is 6.08. The molecule has 3 aromatic rings. The van der Waals surface area contributed by atoms with E-state index < -0.39 is 0 Å². The van der Waals surface area contributed by atoms with E-state index in [-0.39, 0.29) is 24.0 Å². The van der Waals surface area contributed by atoms with Crippen molar-refractivity contribution < 1.29 is 4.42 Å². The first-order chi connectivity index (χ1) is 13.8. The summed E-state index contributed by atoms with van der Waals surface area (Å²) in [5.41, 5.74) is 1.32. The van der Waals surface area contributed by atoms with Gasteiger partial charge in [-0.2, -0.15) is 5.10 Å². The Morgan fingerprint density at radius 3 is 3.00 bits per heavy atom. The van der Waals surface area contributed by atoms with E-state index in [9.17, 15) is 0 Å². The number of hydrogen-bond donors (Lipinski definition) is 1. The number of aryl methyl sites for hydroxylation is 1. The van der Waals surface area contributed by atoms with Gasteiger partial charge in [0.25, 0.3) is 0 Å². The highest BCUT2D eigenvalue weighted by Gasteiger charge is 2.27. The lowest BCUT2D eigenvalue weighted by molar-refractivity contribution is 0.475. The maximum absolute atomic E-state index is 5.45. The van der Waals surface area contributed by atoms with E-state index in [0.29, 0.717) is 5.92 Å². The summed E-state index contributed by atoms with van der Waals surface area (Å²) in [6.45, 7) is 3.62. The minimum absolute atomic E-state index is 0. The smallest absolute Gasteiger partial charge is 0.193 e. The van der Waals surface area contributed by atoms with Crippen LogP contribution in [0.3, 0.4) is 0 Å². The van der Waals surface area contributed by atoms with Crippen LogP contribution in [0.25, 0.3) is 0 Å². The third-order valence-corrected chi connectivity index (χ3v) is 6.05. The number of likely N-dealkylation sites (tertiary alicyclic amines) is 1. The van der Waals surface area contributed by atoms with Crippen molar-refractivity contribution in [2.24, 2.45) is 12.0 Å². The first-order valence-corrected chi connectivity index (χ1v) is 10.7. The lowest BCUT2D eigenvalue weighted by Gasteiger charge is -2.22. The summed E-state index contributed by atoms with van der Waals surface area (Å²) in [5.74, 6) is 2.53. The Hall–Kier alpha value is -1.81. The monoisotopic (exact) mass is 525 g/mol. The van der Waals surface area contributed by atoms with Crippen molar-refractivity contribution in [1.82, 2.24) is 20.0 Å². The number of aliphatic imine (C=N–C) groups is 1. The lowest BCUT2D eigenvalue weighted by Crippen LogP contribution is -2.41. The summed E-state index contributed by atoms with van der Waals surface area (Å²) in [5, 5.41) is 10.0. The number of aromatic nitrogens is 2. The zero-order valence-electron chi connectivity index (χ0n) is 16.7. The number of rotatable bonds is 7. The summed E-state index contributed by atoms with van der Waals surface area (Å²) < 4.78 is 7.33. The molecule has 0 saturated carbocycles. The van der Waals surface area contributed by atoms with E-state index in [2.05, 4.69) is 39.0 Å². The first-order valence-electron chi connectivity index (χ1n) is 9.84. The highest BCUT2D eigenvalue weighted by Crippen LogP contribution is 2.26. The summed E-state index contributed by atoms with van der Waals surface area (Å²) in [6.07, 6.45) is 8.83. The number of guanidine groups is 1. The predicted octanol–water partition coefficient (Wildman–Crippen LogP) is 3.91. The van der Waals surface area contributed by atoms with Crippen LogP contribution in [0, 0.1) is 0 Å². The zero-order valence-corrected chi connectivity index (χ0v) is 19.8. The normalized spacial score (nSPS) is 16.8. The van der Waals surface area contributed by atoms with Crippen molar-refractivity contribution in [1.29, 1.82) is 0 Å². The van der Waals surface area contributed by atoms with Gasteiger partial charge in [-0.3, -0.25) is 9.67 Å². The number of hydrogen-bond acceptors (Lipinski definition) is 4. The van der Waals surface area contributed by atoms with E-state index >= 15 is 0 Å². The number of nitrogens with zero attached hydrogens (tertiary/aromatic N) is 4. The molecular formula is C21H28IN5OS. The molecule has 1 fully saturated rings. The van der Waals surface area contributed by atoms with E-state index in [1.165, 1.54) is 10.4 Å². The highest BCUT2D eigenvalue weighted by atomic mass is 127. The molecule has 0 radical (unpaired) electrons. The molecule has 4 rings (SSSR count). The van der Waals surface area contributed by atoms with Crippen LogP contribution in [-0.4, -0.2) is 46.8 Å². The molecule has 1 aliphatic rings.